The van der Waals surface area contributed by atoms with Crippen molar-refractivity contribution in [3.8, 4) is 0 Å². The van der Waals surface area contributed by atoms with E-state index in [9.17, 15) is 0 Å². The monoisotopic (exact) mass is 246 g/mol. The van der Waals surface area contributed by atoms with Gasteiger partial charge in [-0.2, -0.15) is 15.3 Å². The highest BCUT2D eigenvalue weighted by Gasteiger charge is 2.65. The molecule has 0 N–H and O–H groups in total. The van der Waals surface area contributed by atoms with Crippen LogP contribution in [0.4, 0.5) is 5.13 Å². The SMILES string of the molecule is c1csc(N2N=N[C@H]3[C@H]4C[C@H]([C@@H]5N=N[C@H]45)[C@H]32)n1. The fourth-order valence-electron chi connectivity index (χ4n) is 3.83. The first-order valence-electron chi connectivity index (χ1n) is 5.93. The van der Waals surface area contributed by atoms with Gasteiger partial charge in [0.05, 0.1) is 6.04 Å². The van der Waals surface area contributed by atoms with Crippen LogP contribution in [-0.2, 0) is 0 Å². The van der Waals surface area contributed by atoms with E-state index in [4.69, 9.17) is 0 Å². The summed E-state index contributed by atoms with van der Waals surface area (Å²) in [4.78, 5) is 4.34. The van der Waals surface area contributed by atoms with E-state index < -0.39 is 0 Å². The predicted molar refractivity (Wildman–Crippen MR) is 61.1 cm³/mol. The van der Waals surface area contributed by atoms with Crippen LogP contribution in [0.25, 0.3) is 0 Å². The molecule has 2 aliphatic carbocycles. The molecule has 3 heterocycles. The smallest absolute Gasteiger partial charge is 0.207 e. The molecule has 7 heteroatoms. The number of anilines is 1. The van der Waals surface area contributed by atoms with Gasteiger partial charge in [0.15, 0.2) is 0 Å². The zero-order chi connectivity index (χ0) is 11.0. The quantitative estimate of drug-likeness (QED) is 0.759. The summed E-state index contributed by atoms with van der Waals surface area (Å²) in [5, 5.41) is 22.3. The lowest BCUT2D eigenvalue weighted by molar-refractivity contribution is 0.242. The molecule has 2 bridgehead atoms. The molecule has 2 aliphatic heterocycles. The van der Waals surface area contributed by atoms with Gasteiger partial charge >= 0.3 is 0 Å². The lowest BCUT2D eigenvalue weighted by Crippen LogP contribution is -2.52. The maximum Gasteiger partial charge on any atom is 0.207 e. The zero-order valence-electron chi connectivity index (χ0n) is 8.92. The van der Waals surface area contributed by atoms with Gasteiger partial charge < -0.3 is 0 Å². The van der Waals surface area contributed by atoms with Crippen molar-refractivity contribution in [3.05, 3.63) is 11.6 Å². The molecule has 1 aromatic heterocycles. The maximum absolute atomic E-state index is 4.45. The number of fused-ring (bicyclic) bond motifs is 8. The van der Waals surface area contributed by atoms with Crippen LogP contribution in [0, 0.1) is 11.8 Å². The van der Waals surface area contributed by atoms with Crippen LogP contribution in [-0.4, -0.2) is 29.2 Å². The van der Waals surface area contributed by atoms with Crippen molar-refractivity contribution in [2.24, 2.45) is 32.4 Å². The van der Waals surface area contributed by atoms with Crippen molar-refractivity contribution in [2.75, 3.05) is 5.01 Å². The summed E-state index contributed by atoms with van der Waals surface area (Å²) >= 11 is 1.62. The highest BCUT2D eigenvalue weighted by atomic mass is 32.1. The lowest BCUT2D eigenvalue weighted by atomic mass is 9.83. The highest BCUT2D eigenvalue weighted by molar-refractivity contribution is 7.13. The fourth-order valence-corrected chi connectivity index (χ4v) is 4.46. The zero-order valence-corrected chi connectivity index (χ0v) is 9.73. The van der Waals surface area contributed by atoms with Gasteiger partial charge in [-0.25, -0.2) is 9.99 Å². The Bertz CT molecular complexity index is 525. The summed E-state index contributed by atoms with van der Waals surface area (Å²) in [6.07, 6.45) is 3.03. The summed E-state index contributed by atoms with van der Waals surface area (Å²) in [6.45, 7) is 0. The number of hydrogen-bond acceptors (Lipinski definition) is 7. The van der Waals surface area contributed by atoms with Gasteiger partial charge in [0, 0.05) is 23.4 Å². The van der Waals surface area contributed by atoms with E-state index in [2.05, 4.69) is 25.5 Å². The van der Waals surface area contributed by atoms with Crippen molar-refractivity contribution in [3.63, 3.8) is 0 Å². The Labute approximate surface area is 101 Å². The molecule has 5 rings (SSSR count). The van der Waals surface area contributed by atoms with E-state index in [1.165, 1.54) is 6.42 Å². The molecule has 1 aromatic rings. The van der Waals surface area contributed by atoms with Crippen LogP contribution < -0.4 is 5.01 Å². The minimum Gasteiger partial charge on any atom is -0.227 e. The van der Waals surface area contributed by atoms with Gasteiger partial charge in [0.2, 0.25) is 5.13 Å². The maximum atomic E-state index is 4.45. The molecule has 6 nitrogen and oxygen atoms in total. The number of thiazole rings is 1. The minimum absolute atomic E-state index is 0.324. The normalized spacial score (nSPS) is 48.4. The Kier molecular flexibility index (Phi) is 1.39. The van der Waals surface area contributed by atoms with Crippen molar-refractivity contribution in [1.29, 1.82) is 0 Å². The van der Waals surface area contributed by atoms with E-state index >= 15 is 0 Å². The minimum atomic E-state index is 0.324. The van der Waals surface area contributed by atoms with Crippen LogP contribution in [0.1, 0.15) is 6.42 Å². The van der Waals surface area contributed by atoms with Gasteiger partial charge in [0.1, 0.15) is 18.1 Å². The Morgan fingerprint density at radius 2 is 2.00 bits per heavy atom. The van der Waals surface area contributed by atoms with Gasteiger partial charge in [-0.05, 0) is 6.42 Å². The van der Waals surface area contributed by atoms with Crippen LogP contribution in [0.5, 0.6) is 0 Å². The first-order chi connectivity index (χ1) is 8.43. The van der Waals surface area contributed by atoms with E-state index in [1.807, 2.05) is 16.6 Å². The molecule has 0 unspecified atom stereocenters. The molecule has 0 amide bonds. The van der Waals surface area contributed by atoms with Crippen molar-refractivity contribution in [1.82, 2.24) is 4.98 Å². The molecule has 0 aromatic carbocycles. The standard InChI is InChI=1S/C10H10N6S/c1-2-17-10(11-1)16-9-5-3-4(8(9)14-15-16)6-7(5)13-12-6/h1-2,4-9H,3H2/t4-,5+,6+,7-,8-,9+/m0/s1. The Morgan fingerprint density at radius 1 is 1.12 bits per heavy atom. The Morgan fingerprint density at radius 3 is 2.76 bits per heavy atom. The summed E-state index contributed by atoms with van der Waals surface area (Å²) in [5.41, 5.74) is 0. The molecule has 0 radical (unpaired) electrons. The van der Waals surface area contributed by atoms with E-state index in [1.54, 1.807) is 11.3 Å². The van der Waals surface area contributed by atoms with E-state index in [-0.39, 0.29) is 0 Å². The average molecular weight is 246 g/mol. The van der Waals surface area contributed by atoms with Crippen molar-refractivity contribution in [2.45, 2.75) is 30.6 Å². The molecular formula is C10H10N6S. The van der Waals surface area contributed by atoms with Gasteiger partial charge in [-0.3, -0.25) is 0 Å². The third-order valence-corrected chi connectivity index (χ3v) is 5.27. The van der Waals surface area contributed by atoms with E-state index in [0.717, 1.165) is 5.13 Å². The molecule has 2 fully saturated rings. The molecule has 0 spiro atoms. The Balaban J connectivity index is 1.57. The number of hydrogen-bond donors (Lipinski definition) is 0. The van der Waals surface area contributed by atoms with Crippen LogP contribution in [0.2, 0.25) is 0 Å². The second kappa shape index (κ2) is 2.72. The summed E-state index contributed by atoms with van der Waals surface area (Å²) in [6, 6.07) is 1.58. The Hall–Kier alpha value is -1.37. The third-order valence-electron chi connectivity index (χ3n) is 4.51. The topological polar surface area (TPSA) is 65.6 Å². The summed E-state index contributed by atoms with van der Waals surface area (Å²) in [5.74, 6) is 1.15. The number of aromatic nitrogens is 1. The fraction of sp³-hybridized carbons (Fsp3) is 0.700. The number of rotatable bonds is 1. The molecule has 6 atom stereocenters. The lowest BCUT2D eigenvalue weighted by Gasteiger charge is -2.37. The first kappa shape index (κ1) is 8.68. The first-order valence-corrected chi connectivity index (χ1v) is 6.81. The molecule has 0 saturated heterocycles. The van der Waals surface area contributed by atoms with Gasteiger partial charge in [0.25, 0.3) is 0 Å². The number of azo groups is 1. The molecule has 4 aliphatic rings. The second-order valence-electron chi connectivity index (χ2n) is 5.12. The average Bonchev–Trinajstić information content (AvgIpc) is 2.96. The third kappa shape index (κ3) is 0.875. The summed E-state index contributed by atoms with van der Waals surface area (Å²) < 4.78 is 0. The van der Waals surface area contributed by atoms with Crippen molar-refractivity contribution < 1.29 is 0 Å². The van der Waals surface area contributed by atoms with Crippen LogP contribution in [0.3, 0.4) is 0 Å². The van der Waals surface area contributed by atoms with Gasteiger partial charge in [-0.1, -0.05) is 5.22 Å². The van der Waals surface area contributed by atoms with Gasteiger partial charge in [-0.15, -0.1) is 11.3 Å². The highest BCUT2D eigenvalue weighted by Crippen LogP contribution is 2.56. The largest absolute Gasteiger partial charge is 0.227 e. The van der Waals surface area contributed by atoms with Crippen LogP contribution >= 0.6 is 11.3 Å². The summed E-state index contributed by atoms with van der Waals surface area (Å²) in [7, 11) is 0. The number of nitrogens with zero attached hydrogens (tertiary/aromatic N) is 6. The molecule has 17 heavy (non-hydrogen) atoms. The van der Waals surface area contributed by atoms with E-state index in [0.29, 0.717) is 36.0 Å². The second-order valence-corrected chi connectivity index (χ2v) is 5.99. The predicted octanol–water partition coefficient (Wildman–Crippen LogP) is 1.92. The van der Waals surface area contributed by atoms with Crippen LogP contribution in [0.15, 0.2) is 32.1 Å². The molecule has 2 saturated carbocycles. The molecular weight excluding hydrogens is 236 g/mol. The van der Waals surface area contributed by atoms with Crippen molar-refractivity contribution >= 4 is 16.5 Å². The molecule has 86 valence electrons.